The third-order valence-electron chi connectivity index (χ3n) is 4.36. The Hall–Kier alpha value is -3.01. The lowest BCUT2D eigenvalue weighted by atomic mass is 10.2. The maximum absolute atomic E-state index is 11.7. The van der Waals surface area contributed by atoms with Gasteiger partial charge in [0.15, 0.2) is 5.65 Å². The SMILES string of the molecule is CCC(Nc1nc2c(Br)cccc2c2nc(-c3ccnn3C)nn12)C(N)=O. The van der Waals surface area contributed by atoms with Crippen molar-refractivity contribution in [2.45, 2.75) is 19.4 Å². The Morgan fingerprint density at radius 2 is 2.15 bits per heavy atom. The van der Waals surface area contributed by atoms with E-state index in [1.54, 1.807) is 15.4 Å². The van der Waals surface area contributed by atoms with E-state index in [2.05, 4.69) is 36.4 Å². The zero-order chi connectivity index (χ0) is 19.1. The second kappa shape index (κ2) is 6.62. The molecule has 0 aliphatic heterocycles. The smallest absolute Gasteiger partial charge is 0.239 e. The Kier molecular flexibility index (Phi) is 4.27. The molecule has 3 aromatic heterocycles. The molecule has 138 valence electrons. The zero-order valence-corrected chi connectivity index (χ0v) is 16.3. The van der Waals surface area contributed by atoms with Crippen LogP contribution < -0.4 is 11.1 Å². The Balaban J connectivity index is 2.00. The van der Waals surface area contributed by atoms with E-state index in [1.807, 2.05) is 38.2 Å². The fourth-order valence-electron chi connectivity index (χ4n) is 2.92. The minimum atomic E-state index is -0.565. The van der Waals surface area contributed by atoms with Crippen LogP contribution in [0.3, 0.4) is 0 Å². The topological polar surface area (TPSA) is 116 Å². The van der Waals surface area contributed by atoms with Gasteiger partial charge >= 0.3 is 0 Å². The van der Waals surface area contributed by atoms with Gasteiger partial charge in [0.1, 0.15) is 11.7 Å². The number of nitrogens with two attached hydrogens (primary N) is 1. The van der Waals surface area contributed by atoms with Crippen molar-refractivity contribution in [1.82, 2.24) is 29.4 Å². The van der Waals surface area contributed by atoms with Crippen molar-refractivity contribution in [3.8, 4) is 11.5 Å². The summed E-state index contributed by atoms with van der Waals surface area (Å²) in [6.07, 6.45) is 2.21. The second-order valence-electron chi connectivity index (χ2n) is 6.09. The lowest BCUT2D eigenvalue weighted by molar-refractivity contribution is -0.118. The van der Waals surface area contributed by atoms with Crippen molar-refractivity contribution in [3.05, 3.63) is 34.9 Å². The number of benzene rings is 1. The molecule has 3 heterocycles. The molecule has 1 aromatic carbocycles. The molecule has 0 aliphatic carbocycles. The van der Waals surface area contributed by atoms with Crippen LogP contribution in [0.15, 0.2) is 34.9 Å². The molecule has 4 aromatic rings. The van der Waals surface area contributed by atoms with Gasteiger partial charge in [0.25, 0.3) is 0 Å². The number of nitrogens with zero attached hydrogens (tertiary/aromatic N) is 6. The number of aryl methyl sites for hydroxylation is 1. The molecule has 9 nitrogen and oxygen atoms in total. The molecule has 27 heavy (non-hydrogen) atoms. The lowest BCUT2D eigenvalue weighted by Gasteiger charge is -2.15. The van der Waals surface area contributed by atoms with E-state index >= 15 is 0 Å². The largest absolute Gasteiger partial charge is 0.368 e. The standard InChI is InChI=1S/C17H17BrN8O/c1-3-11(14(19)27)21-17-22-13-9(5-4-6-10(13)18)16-23-15(24-26(16)17)12-7-8-20-25(12)2/h4-8,11H,3H2,1-2H3,(H2,19,27)(H,21,22). The molecule has 0 aliphatic rings. The van der Waals surface area contributed by atoms with Crippen LogP contribution in [0.1, 0.15) is 13.3 Å². The van der Waals surface area contributed by atoms with E-state index in [0.29, 0.717) is 23.8 Å². The molecule has 0 saturated heterocycles. The molecule has 0 fully saturated rings. The fourth-order valence-corrected chi connectivity index (χ4v) is 3.38. The van der Waals surface area contributed by atoms with Gasteiger partial charge in [-0.15, -0.1) is 5.10 Å². The number of anilines is 1. The highest BCUT2D eigenvalue weighted by Crippen LogP contribution is 2.28. The first-order chi connectivity index (χ1) is 13.0. The van der Waals surface area contributed by atoms with Gasteiger partial charge in [-0.1, -0.05) is 13.0 Å². The number of hydrogen-bond donors (Lipinski definition) is 2. The number of fused-ring (bicyclic) bond motifs is 3. The summed E-state index contributed by atoms with van der Waals surface area (Å²) in [5.74, 6) is 0.460. The molecule has 0 radical (unpaired) electrons. The molecule has 10 heteroatoms. The van der Waals surface area contributed by atoms with Crippen LogP contribution in [0.25, 0.3) is 28.1 Å². The Bertz CT molecular complexity index is 1160. The van der Waals surface area contributed by atoms with Crippen LogP contribution in [-0.2, 0) is 11.8 Å². The van der Waals surface area contributed by atoms with Gasteiger partial charge < -0.3 is 11.1 Å². The Labute approximate surface area is 162 Å². The highest BCUT2D eigenvalue weighted by molar-refractivity contribution is 9.10. The summed E-state index contributed by atoms with van der Waals surface area (Å²) >= 11 is 3.53. The minimum Gasteiger partial charge on any atom is -0.368 e. The van der Waals surface area contributed by atoms with E-state index in [1.165, 1.54) is 0 Å². The highest BCUT2D eigenvalue weighted by atomic mass is 79.9. The molecule has 3 N–H and O–H groups in total. The zero-order valence-electron chi connectivity index (χ0n) is 14.7. The Morgan fingerprint density at radius 3 is 2.81 bits per heavy atom. The molecule has 0 spiro atoms. The average molecular weight is 429 g/mol. The quantitative estimate of drug-likeness (QED) is 0.502. The molecule has 1 unspecified atom stereocenters. The van der Waals surface area contributed by atoms with Crippen molar-refractivity contribution in [3.63, 3.8) is 0 Å². The van der Waals surface area contributed by atoms with Gasteiger partial charge in [0.05, 0.1) is 5.52 Å². The van der Waals surface area contributed by atoms with Crippen molar-refractivity contribution in [1.29, 1.82) is 0 Å². The van der Waals surface area contributed by atoms with Crippen LogP contribution in [0.2, 0.25) is 0 Å². The number of para-hydroxylation sites is 1. The van der Waals surface area contributed by atoms with E-state index < -0.39 is 11.9 Å². The summed E-state index contributed by atoms with van der Waals surface area (Å²) < 4.78 is 4.12. The predicted molar refractivity (Wildman–Crippen MR) is 105 cm³/mol. The second-order valence-corrected chi connectivity index (χ2v) is 6.94. The van der Waals surface area contributed by atoms with Gasteiger partial charge in [0, 0.05) is 23.1 Å². The summed E-state index contributed by atoms with van der Waals surface area (Å²) in [5.41, 5.74) is 7.60. The van der Waals surface area contributed by atoms with Gasteiger partial charge in [-0.05, 0) is 40.5 Å². The van der Waals surface area contributed by atoms with Gasteiger partial charge in [0.2, 0.25) is 17.7 Å². The monoisotopic (exact) mass is 428 g/mol. The first-order valence-electron chi connectivity index (χ1n) is 8.38. The maximum Gasteiger partial charge on any atom is 0.239 e. The van der Waals surface area contributed by atoms with Crippen molar-refractivity contribution < 1.29 is 4.79 Å². The Morgan fingerprint density at radius 1 is 1.33 bits per heavy atom. The third-order valence-corrected chi connectivity index (χ3v) is 5.00. The van der Waals surface area contributed by atoms with Crippen molar-refractivity contribution >= 4 is 44.3 Å². The normalized spacial score (nSPS) is 12.6. The molecule has 0 saturated carbocycles. The van der Waals surface area contributed by atoms with Gasteiger partial charge in [-0.2, -0.15) is 9.61 Å². The van der Waals surface area contributed by atoms with Crippen LogP contribution in [0.4, 0.5) is 5.95 Å². The number of rotatable bonds is 5. The number of halogens is 1. The third kappa shape index (κ3) is 2.91. The van der Waals surface area contributed by atoms with Crippen LogP contribution in [0, 0.1) is 0 Å². The summed E-state index contributed by atoms with van der Waals surface area (Å²) in [5, 5.41) is 12.7. The van der Waals surface area contributed by atoms with Crippen molar-refractivity contribution in [2.24, 2.45) is 12.8 Å². The number of primary amides is 1. The molecule has 0 bridgehead atoms. The van der Waals surface area contributed by atoms with Crippen molar-refractivity contribution in [2.75, 3.05) is 5.32 Å². The van der Waals surface area contributed by atoms with Gasteiger partial charge in [-0.3, -0.25) is 9.48 Å². The molecule has 1 amide bonds. The van der Waals surface area contributed by atoms with E-state index in [0.717, 1.165) is 21.1 Å². The summed E-state index contributed by atoms with van der Waals surface area (Å²) in [7, 11) is 1.83. The van der Waals surface area contributed by atoms with E-state index in [-0.39, 0.29) is 0 Å². The van der Waals surface area contributed by atoms with E-state index in [9.17, 15) is 4.79 Å². The molecular formula is C17H17BrN8O. The van der Waals surface area contributed by atoms with Crippen LogP contribution in [-0.4, -0.2) is 41.3 Å². The average Bonchev–Trinajstić information content (AvgIpc) is 3.26. The number of aromatic nitrogens is 6. The summed E-state index contributed by atoms with van der Waals surface area (Å²) in [6, 6.07) is 7.02. The predicted octanol–water partition coefficient (Wildman–Crippen LogP) is 2.12. The number of carbonyl (C=O) groups is 1. The van der Waals surface area contributed by atoms with Gasteiger partial charge in [-0.25, -0.2) is 9.97 Å². The minimum absolute atomic E-state index is 0.399. The number of hydrogen-bond acceptors (Lipinski definition) is 6. The summed E-state index contributed by atoms with van der Waals surface area (Å²) in [4.78, 5) is 21.1. The first kappa shape index (κ1) is 17.4. The highest BCUT2D eigenvalue weighted by Gasteiger charge is 2.20. The summed E-state index contributed by atoms with van der Waals surface area (Å²) in [6.45, 7) is 1.87. The molecule has 1 atom stereocenters. The van der Waals surface area contributed by atoms with Crippen LogP contribution >= 0.6 is 15.9 Å². The van der Waals surface area contributed by atoms with Crippen LogP contribution in [0.5, 0.6) is 0 Å². The van der Waals surface area contributed by atoms with E-state index in [4.69, 9.17) is 10.7 Å². The fraction of sp³-hybridized carbons (Fsp3) is 0.235. The number of carbonyl (C=O) groups excluding carboxylic acids is 1. The lowest BCUT2D eigenvalue weighted by Crippen LogP contribution is -2.35. The molecule has 4 rings (SSSR count). The number of nitrogens with one attached hydrogen (secondary N) is 1. The number of amides is 1. The maximum atomic E-state index is 11.7. The first-order valence-corrected chi connectivity index (χ1v) is 9.18. The molecular weight excluding hydrogens is 412 g/mol.